The van der Waals surface area contributed by atoms with E-state index in [2.05, 4.69) is 0 Å². The molecule has 3 aliphatic rings. The Morgan fingerprint density at radius 3 is 0.976 bits per heavy atom. The highest BCUT2D eigenvalue weighted by Crippen LogP contribution is 2.38. The number of hydrogen-bond acceptors (Lipinski definition) is 9. The molecule has 1 N–H and O–H groups in total. The lowest BCUT2D eigenvalue weighted by molar-refractivity contribution is -0.0187. The average molecular weight is 569 g/mol. The molecule has 0 spiro atoms. The SMILES string of the molecule is Oc1c2cccc1-c1ccc(cc1)OCCOCCOCCOCCOCCOCCOCCOc1ccc-2cc1. The number of fused-ring (bicyclic) bond motifs is 2. The number of rotatable bonds is 0. The van der Waals surface area contributed by atoms with Crippen LogP contribution in [0.5, 0.6) is 17.2 Å². The van der Waals surface area contributed by atoms with E-state index >= 15 is 0 Å². The zero-order valence-corrected chi connectivity index (χ0v) is 23.5. The summed E-state index contributed by atoms with van der Waals surface area (Å²) in [6.07, 6.45) is 0. The van der Waals surface area contributed by atoms with Crippen LogP contribution >= 0.6 is 0 Å². The quantitative estimate of drug-likeness (QED) is 0.418. The highest BCUT2D eigenvalue weighted by Gasteiger charge is 2.11. The zero-order chi connectivity index (χ0) is 28.4. The second kappa shape index (κ2) is 18.3. The van der Waals surface area contributed by atoms with Gasteiger partial charge in [0.05, 0.1) is 79.3 Å². The Hall–Kier alpha value is -3.18. The normalized spacial score (nSPS) is 17.8. The van der Waals surface area contributed by atoms with Crippen molar-refractivity contribution in [1.29, 1.82) is 0 Å². The monoisotopic (exact) mass is 568 g/mol. The van der Waals surface area contributed by atoms with Gasteiger partial charge >= 0.3 is 0 Å². The summed E-state index contributed by atoms with van der Waals surface area (Å²) in [6.45, 7) is 6.80. The molecule has 0 radical (unpaired) electrons. The van der Waals surface area contributed by atoms with Crippen molar-refractivity contribution in [2.24, 2.45) is 0 Å². The van der Waals surface area contributed by atoms with Crippen molar-refractivity contribution in [3.63, 3.8) is 0 Å². The van der Waals surface area contributed by atoms with Crippen LogP contribution in [-0.2, 0) is 28.4 Å². The molecule has 0 atom stereocenters. The van der Waals surface area contributed by atoms with Gasteiger partial charge in [-0.05, 0) is 35.4 Å². The van der Waals surface area contributed by atoms with Crippen molar-refractivity contribution in [3.05, 3.63) is 66.7 Å². The van der Waals surface area contributed by atoms with Gasteiger partial charge in [-0.15, -0.1) is 0 Å². The molecular weight excluding hydrogens is 528 g/mol. The Balaban J connectivity index is 1.32. The Kier molecular flexibility index (Phi) is 13.7. The van der Waals surface area contributed by atoms with Crippen molar-refractivity contribution in [3.8, 4) is 39.5 Å². The maximum absolute atomic E-state index is 11.1. The van der Waals surface area contributed by atoms with Gasteiger partial charge in [-0.1, -0.05) is 42.5 Å². The maximum atomic E-state index is 11.1. The van der Waals surface area contributed by atoms with Crippen LogP contribution in [0.25, 0.3) is 22.3 Å². The van der Waals surface area contributed by atoms with Gasteiger partial charge in [-0.2, -0.15) is 0 Å². The van der Waals surface area contributed by atoms with E-state index in [1.54, 1.807) is 0 Å². The summed E-state index contributed by atoms with van der Waals surface area (Å²) < 4.78 is 44.7. The van der Waals surface area contributed by atoms with E-state index in [1.165, 1.54) is 0 Å². The van der Waals surface area contributed by atoms with Crippen molar-refractivity contribution in [2.75, 3.05) is 92.5 Å². The first-order valence-corrected chi connectivity index (χ1v) is 14.1. The van der Waals surface area contributed by atoms with Gasteiger partial charge in [0.15, 0.2) is 0 Å². The Bertz CT molecular complexity index is 1030. The van der Waals surface area contributed by atoms with Crippen LogP contribution in [-0.4, -0.2) is 97.6 Å². The second-order valence-corrected chi connectivity index (χ2v) is 9.12. The number of phenolic OH excluding ortho intramolecular Hbond substituents is 1. The van der Waals surface area contributed by atoms with Crippen LogP contribution in [0.4, 0.5) is 0 Å². The molecule has 3 aromatic rings. The maximum Gasteiger partial charge on any atom is 0.131 e. The standard InChI is InChI=1S/C32H40O9/c33-32-30-2-1-3-31(32)27-6-10-29(11-7-27)41-25-23-39-21-19-37-17-15-35-13-12-34-14-16-36-18-20-38-22-24-40-28-8-4-26(30)5-9-28/h1-11,33H,12-25H2. The molecule has 0 aliphatic carbocycles. The fourth-order valence-corrected chi connectivity index (χ4v) is 4.11. The first kappa shape index (κ1) is 30.8. The molecule has 0 saturated heterocycles. The fourth-order valence-electron chi connectivity index (χ4n) is 4.11. The van der Waals surface area contributed by atoms with Crippen LogP contribution in [0.2, 0.25) is 0 Å². The summed E-state index contributed by atoms with van der Waals surface area (Å²) in [5, 5.41) is 11.1. The van der Waals surface area contributed by atoms with Gasteiger partial charge in [-0.3, -0.25) is 0 Å². The first-order valence-electron chi connectivity index (χ1n) is 14.1. The number of ether oxygens (including phenoxy) is 8. The number of aromatic hydroxyl groups is 1. The average Bonchev–Trinajstić information content (AvgIpc) is 3.00. The van der Waals surface area contributed by atoms with E-state index in [9.17, 15) is 5.11 Å². The predicted molar refractivity (Wildman–Crippen MR) is 155 cm³/mol. The summed E-state index contributed by atoms with van der Waals surface area (Å²) in [7, 11) is 0. The van der Waals surface area contributed by atoms with Crippen LogP contribution in [0.15, 0.2) is 66.7 Å². The molecule has 3 aromatic carbocycles. The predicted octanol–water partition coefficient (Wildman–Crippen LogP) is 4.60. The second-order valence-electron chi connectivity index (χ2n) is 9.12. The summed E-state index contributed by atoms with van der Waals surface area (Å²) >= 11 is 0. The minimum absolute atomic E-state index is 0.223. The molecule has 6 rings (SSSR count). The topological polar surface area (TPSA) is 94.1 Å². The minimum Gasteiger partial charge on any atom is -0.507 e. The molecular formula is C32H40O9. The van der Waals surface area contributed by atoms with Crippen molar-refractivity contribution >= 4 is 0 Å². The minimum atomic E-state index is 0.223. The third-order valence-electron chi connectivity index (χ3n) is 6.22. The molecule has 6 bridgehead atoms. The molecule has 0 amide bonds. The summed E-state index contributed by atoms with van der Waals surface area (Å²) in [5.41, 5.74) is 3.29. The molecule has 9 nitrogen and oxygen atoms in total. The highest BCUT2D eigenvalue weighted by atomic mass is 16.6. The lowest BCUT2D eigenvalue weighted by Crippen LogP contribution is -2.15. The van der Waals surface area contributed by atoms with Gasteiger partial charge in [0.1, 0.15) is 30.5 Å². The zero-order valence-electron chi connectivity index (χ0n) is 23.5. The van der Waals surface area contributed by atoms with Crippen LogP contribution < -0.4 is 9.47 Å². The third-order valence-corrected chi connectivity index (χ3v) is 6.22. The molecule has 3 heterocycles. The van der Waals surface area contributed by atoms with Gasteiger partial charge in [0, 0.05) is 11.1 Å². The van der Waals surface area contributed by atoms with E-state index in [0.29, 0.717) is 92.5 Å². The molecule has 0 saturated carbocycles. The third kappa shape index (κ3) is 11.0. The fraction of sp³-hybridized carbons (Fsp3) is 0.438. The van der Waals surface area contributed by atoms with Crippen LogP contribution in [0.3, 0.4) is 0 Å². The van der Waals surface area contributed by atoms with Gasteiger partial charge in [0.2, 0.25) is 0 Å². The molecule has 222 valence electrons. The van der Waals surface area contributed by atoms with Crippen molar-refractivity contribution in [1.82, 2.24) is 0 Å². The number of benzene rings is 3. The van der Waals surface area contributed by atoms with Crippen LogP contribution in [0.1, 0.15) is 0 Å². The Morgan fingerprint density at radius 1 is 0.366 bits per heavy atom. The van der Waals surface area contributed by atoms with Crippen molar-refractivity contribution in [2.45, 2.75) is 0 Å². The van der Waals surface area contributed by atoms with Gasteiger partial charge in [-0.25, -0.2) is 0 Å². The molecule has 0 unspecified atom stereocenters. The van der Waals surface area contributed by atoms with Gasteiger partial charge in [0.25, 0.3) is 0 Å². The first-order chi connectivity index (χ1) is 20.3. The molecule has 41 heavy (non-hydrogen) atoms. The van der Waals surface area contributed by atoms with E-state index < -0.39 is 0 Å². The largest absolute Gasteiger partial charge is 0.507 e. The lowest BCUT2D eigenvalue weighted by Gasteiger charge is -2.12. The smallest absolute Gasteiger partial charge is 0.131 e. The van der Waals surface area contributed by atoms with E-state index in [1.807, 2.05) is 66.7 Å². The van der Waals surface area contributed by atoms with E-state index in [0.717, 1.165) is 33.8 Å². The molecule has 0 aromatic heterocycles. The summed E-state index contributed by atoms with van der Waals surface area (Å²) in [5.74, 6) is 1.70. The van der Waals surface area contributed by atoms with E-state index in [4.69, 9.17) is 37.9 Å². The molecule has 3 aliphatic heterocycles. The summed E-state index contributed by atoms with van der Waals surface area (Å²) in [6, 6.07) is 21.1. The number of hydrogen-bond donors (Lipinski definition) is 1. The summed E-state index contributed by atoms with van der Waals surface area (Å²) in [4.78, 5) is 0. The Labute approximate surface area is 241 Å². The van der Waals surface area contributed by atoms with Crippen LogP contribution in [0, 0.1) is 0 Å². The molecule has 0 fully saturated rings. The Morgan fingerprint density at radius 2 is 0.659 bits per heavy atom. The van der Waals surface area contributed by atoms with Gasteiger partial charge < -0.3 is 43.0 Å². The van der Waals surface area contributed by atoms with E-state index in [-0.39, 0.29) is 5.75 Å². The lowest BCUT2D eigenvalue weighted by atomic mass is 9.97. The number of para-hydroxylation sites is 1. The highest BCUT2D eigenvalue weighted by molar-refractivity contribution is 5.82. The molecule has 9 heteroatoms. The number of phenols is 1. The van der Waals surface area contributed by atoms with Crippen molar-refractivity contribution < 1.29 is 43.0 Å².